The third-order valence-electron chi connectivity index (χ3n) is 3.92. The predicted octanol–water partition coefficient (Wildman–Crippen LogP) is 5.64. The van der Waals surface area contributed by atoms with E-state index in [-0.39, 0.29) is 6.10 Å². The number of hydrogen-bond donors (Lipinski definition) is 2. The number of aliphatic carboxylic acids is 1. The predicted molar refractivity (Wildman–Crippen MR) is 97.6 cm³/mol. The van der Waals surface area contributed by atoms with Crippen LogP contribution in [0.25, 0.3) is 0 Å². The SMILES string of the molecule is CCCCC=CCC=CCC(O)CCCCCCCCC(=O)O. The van der Waals surface area contributed by atoms with Crippen molar-refractivity contribution in [3.8, 4) is 0 Å². The Kier molecular flexibility index (Phi) is 16.4. The Morgan fingerprint density at radius 2 is 1.57 bits per heavy atom. The molecule has 0 radical (unpaired) electrons. The fourth-order valence-corrected chi connectivity index (χ4v) is 2.45. The molecule has 0 bridgehead atoms. The van der Waals surface area contributed by atoms with E-state index >= 15 is 0 Å². The Morgan fingerprint density at radius 3 is 2.26 bits per heavy atom. The maximum Gasteiger partial charge on any atom is 0.303 e. The number of hydrogen-bond acceptors (Lipinski definition) is 2. The van der Waals surface area contributed by atoms with Gasteiger partial charge in [0.25, 0.3) is 0 Å². The second kappa shape index (κ2) is 17.3. The van der Waals surface area contributed by atoms with Gasteiger partial charge in [-0.25, -0.2) is 0 Å². The van der Waals surface area contributed by atoms with Gasteiger partial charge in [0, 0.05) is 6.42 Å². The van der Waals surface area contributed by atoms with Gasteiger partial charge in [0.2, 0.25) is 0 Å². The number of carboxylic acids is 1. The maximum absolute atomic E-state index is 10.4. The lowest BCUT2D eigenvalue weighted by atomic mass is 10.0. The third-order valence-corrected chi connectivity index (χ3v) is 3.92. The molecule has 23 heavy (non-hydrogen) atoms. The van der Waals surface area contributed by atoms with Gasteiger partial charge in [-0.2, -0.15) is 0 Å². The van der Waals surface area contributed by atoms with Crippen LogP contribution in [0.4, 0.5) is 0 Å². The fourth-order valence-electron chi connectivity index (χ4n) is 2.45. The van der Waals surface area contributed by atoms with E-state index in [0.29, 0.717) is 6.42 Å². The summed E-state index contributed by atoms with van der Waals surface area (Å²) in [5.74, 6) is -0.697. The number of aliphatic hydroxyl groups excluding tert-OH is 1. The molecule has 0 saturated carbocycles. The molecule has 0 aromatic rings. The summed E-state index contributed by atoms with van der Waals surface area (Å²) in [5.41, 5.74) is 0. The molecule has 2 N–H and O–H groups in total. The van der Waals surface area contributed by atoms with Crippen LogP contribution < -0.4 is 0 Å². The molecule has 0 aliphatic carbocycles. The summed E-state index contributed by atoms with van der Waals surface area (Å²) in [6.45, 7) is 2.20. The van der Waals surface area contributed by atoms with Gasteiger partial charge in [0.05, 0.1) is 6.10 Å². The quantitative estimate of drug-likeness (QED) is 0.285. The number of carbonyl (C=O) groups is 1. The first kappa shape index (κ1) is 21.9. The highest BCUT2D eigenvalue weighted by Gasteiger charge is 2.01. The van der Waals surface area contributed by atoms with Gasteiger partial charge in [-0.3, -0.25) is 4.79 Å². The van der Waals surface area contributed by atoms with Crippen molar-refractivity contribution in [1.29, 1.82) is 0 Å². The highest BCUT2D eigenvalue weighted by molar-refractivity contribution is 5.66. The van der Waals surface area contributed by atoms with Gasteiger partial charge in [0.15, 0.2) is 0 Å². The van der Waals surface area contributed by atoms with Crippen LogP contribution >= 0.6 is 0 Å². The monoisotopic (exact) mass is 324 g/mol. The molecule has 0 aliphatic heterocycles. The van der Waals surface area contributed by atoms with Gasteiger partial charge in [-0.05, 0) is 32.1 Å². The zero-order valence-electron chi connectivity index (χ0n) is 14.9. The molecule has 0 aromatic heterocycles. The molecule has 0 aromatic carbocycles. The molecule has 0 heterocycles. The average molecular weight is 325 g/mol. The second-order valence-electron chi connectivity index (χ2n) is 6.26. The lowest BCUT2D eigenvalue weighted by molar-refractivity contribution is -0.137. The molecule has 0 amide bonds. The summed E-state index contributed by atoms with van der Waals surface area (Å²) in [7, 11) is 0. The van der Waals surface area contributed by atoms with E-state index in [2.05, 4.69) is 31.2 Å². The zero-order valence-corrected chi connectivity index (χ0v) is 14.9. The summed E-state index contributed by atoms with van der Waals surface area (Å²) in [5, 5.41) is 18.4. The van der Waals surface area contributed by atoms with Crippen molar-refractivity contribution in [3.63, 3.8) is 0 Å². The van der Waals surface area contributed by atoms with Crippen molar-refractivity contribution in [2.75, 3.05) is 0 Å². The first-order chi connectivity index (χ1) is 11.2. The summed E-state index contributed by atoms with van der Waals surface area (Å²) in [6, 6.07) is 0. The van der Waals surface area contributed by atoms with Gasteiger partial charge in [0.1, 0.15) is 0 Å². The normalized spacial score (nSPS) is 13.1. The summed E-state index contributed by atoms with van der Waals surface area (Å²) < 4.78 is 0. The van der Waals surface area contributed by atoms with Crippen molar-refractivity contribution < 1.29 is 15.0 Å². The standard InChI is InChI=1S/C20H36O3/c1-2-3-4-5-6-7-10-13-16-19(21)17-14-11-8-9-12-15-18-20(22)23/h5-6,10,13,19,21H,2-4,7-9,11-12,14-18H2,1H3,(H,22,23). The minimum Gasteiger partial charge on any atom is -0.481 e. The number of carboxylic acid groups (broad SMARTS) is 1. The van der Waals surface area contributed by atoms with Crippen LogP contribution in [-0.4, -0.2) is 22.3 Å². The Hall–Kier alpha value is -1.09. The molecule has 134 valence electrons. The van der Waals surface area contributed by atoms with Crippen LogP contribution in [0.15, 0.2) is 24.3 Å². The van der Waals surface area contributed by atoms with Crippen LogP contribution in [0.1, 0.15) is 90.4 Å². The van der Waals surface area contributed by atoms with Crippen molar-refractivity contribution in [1.82, 2.24) is 0 Å². The van der Waals surface area contributed by atoms with Crippen LogP contribution in [-0.2, 0) is 4.79 Å². The smallest absolute Gasteiger partial charge is 0.303 e. The number of unbranched alkanes of at least 4 members (excludes halogenated alkanes) is 7. The average Bonchev–Trinajstić information content (AvgIpc) is 2.52. The minimum absolute atomic E-state index is 0.220. The van der Waals surface area contributed by atoms with E-state index in [0.717, 1.165) is 57.8 Å². The zero-order chi connectivity index (χ0) is 17.2. The van der Waals surface area contributed by atoms with E-state index in [9.17, 15) is 9.90 Å². The Labute approximate surface area is 142 Å². The van der Waals surface area contributed by atoms with Crippen LogP contribution in [0, 0.1) is 0 Å². The lowest BCUT2D eigenvalue weighted by Gasteiger charge is -2.07. The van der Waals surface area contributed by atoms with Crippen LogP contribution in [0.2, 0.25) is 0 Å². The molecule has 1 atom stereocenters. The van der Waals surface area contributed by atoms with Crippen molar-refractivity contribution in [2.45, 2.75) is 96.5 Å². The van der Waals surface area contributed by atoms with Gasteiger partial charge in [-0.15, -0.1) is 0 Å². The fraction of sp³-hybridized carbons (Fsp3) is 0.750. The Bertz CT molecular complexity index is 321. The molecule has 3 heteroatoms. The van der Waals surface area contributed by atoms with Gasteiger partial charge < -0.3 is 10.2 Å². The Balaban J connectivity index is 3.34. The molecule has 0 rings (SSSR count). The number of aliphatic hydroxyl groups is 1. The molecule has 0 fully saturated rings. The van der Waals surface area contributed by atoms with E-state index in [1.165, 1.54) is 19.3 Å². The minimum atomic E-state index is -0.697. The number of allylic oxidation sites excluding steroid dienone is 3. The van der Waals surface area contributed by atoms with E-state index in [4.69, 9.17) is 5.11 Å². The van der Waals surface area contributed by atoms with E-state index in [1.807, 2.05) is 0 Å². The molecule has 0 spiro atoms. The molecular formula is C20H36O3. The van der Waals surface area contributed by atoms with Crippen LogP contribution in [0.5, 0.6) is 0 Å². The topological polar surface area (TPSA) is 57.5 Å². The van der Waals surface area contributed by atoms with Gasteiger partial charge in [-0.1, -0.05) is 76.2 Å². The second-order valence-corrected chi connectivity index (χ2v) is 6.26. The third kappa shape index (κ3) is 18.9. The van der Waals surface area contributed by atoms with Gasteiger partial charge >= 0.3 is 5.97 Å². The largest absolute Gasteiger partial charge is 0.481 e. The molecule has 3 nitrogen and oxygen atoms in total. The van der Waals surface area contributed by atoms with Crippen molar-refractivity contribution >= 4 is 5.97 Å². The molecule has 0 saturated heterocycles. The summed E-state index contributed by atoms with van der Waals surface area (Å²) in [4.78, 5) is 10.4. The first-order valence-corrected chi connectivity index (χ1v) is 9.36. The highest BCUT2D eigenvalue weighted by Crippen LogP contribution is 2.11. The van der Waals surface area contributed by atoms with Crippen molar-refractivity contribution in [2.24, 2.45) is 0 Å². The highest BCUT2D eigenvalue weighted by atomic mass is 16.4. The summed E-state index contributed by atoms with van der Waals surface area (Å²) in [6.07, 6.45) is 21.2. The first-order valence-electron chi connectivity index (χ1n) is 9.36. The Morgan fingerprint density at radius 1 is 0.913 bits per heavy atom. The number of rotatable bonds is 16. The molecular weight excluding hydrogens is 288 g/mol. The lowest BCUT2D eigenvalue weighted by Crippen LogP contribution is -2.04. The molecule has 0 aliphatic rings. The summed E-state index contributed by atoms with van der Waals surface area (Å²) >= 11 is 0. The van der Waals surface area contributed by atoms with E-state index in [1.54, 1.807) is 0 Å². The van der Waals surface area contributed by atoms with E-state index < -0.39 is 5.97 Å². The maximum atomic E-state index is 10.4. The van der Waals surface area contributed by atoms with Crippen LogP contribution in [0.3, 0.4) is 0 Å². The van der Waals surface area contributed by atoms with Crippen molar-refractivity contribution in [3.05, 3.63) is 24.3 Å². The molecule has 1 unspecified atom stereocenters.